The summed E-state index contributed by atoms with van der Waals surface area (Å²) in [7, 11) is 0. The summed E-state index contributed by atoms with van der Waals surface area (Å²) in [6.07, 6.45) is 13.0. The minimum Gasteiger partial charge on any atom is -0.309 e. The van der Waals surface area contributed by atoms with Gasteiger partial charge in [0.2, 0.25) is 0 Å². The summed E-state index contributed by atoms with van der Waals surface area (Å²) < 4.78 is 5.29. The van der Waals surface area contributed by atoms with Crippen molar-refractivity contribution < 1.29 is 0 Å². The van der Waals surface area contributed by atoms with Crippen LogP contribution in [0.15, 0.2) is 36.4 Å². The van der Waals surface area contributed by atoms with Gasteiger partial charge in [-0.2, -0.15) is 5.26 Å². The Kier molecular flexibility index (Phi) is 5.51. The summed E-state index contributed by atoms with van der Waals surface area (Å²) in [6.45, 7) is 18.0. The molecule has 4 aromatic heterocycles. The van der Waals surface area contributed by atoms with Crippen LogP contribution in [-0.4, -0.2) is 8.80 Å². The third-order valence-corrected chi connectivity index (χ3v) is 18.1. The van der Waals surface area contributed by atoms with Crippen molar-refractivity contribution in [1.29, 1.82) is 5.26 Å². The second kappa shape index (κ2) is 10.1. The molecule has 4 saturated carbocycles. The highest BCUT2D eigenvalue weighted by atomic mass is 15.0. The molecule has 5 aromatic carbocycles. The lowest BCUT2D eigenvalue weighted by molar-refractivity contribution is 0.166. The Morgan fingerprint density at radius 1 is 0.483 bits per heavy atom. The van der Waals surface area contributed by atoms with Gasteiger partial charge in [-0.15, -0.1) is 0 Å². The largest absolute Gasteiger partial charge is 0.309 e. The van der Waals surface area contributed by atoms with E-state index in [1.165, 1.54) is 174 Å². The predicted octanol–water partition coefficient (Wildman–Crippen LogP) is 14.4. The fourth-order valence-electron chi connectivity index (χ4n) is 16.8. The van der Waals surface area contributed by atoms with Crippen LogP contribution in [0.25, 0.3) is 81.0 Å². The van der Waals surface area contributed by atoms with Gasteiger partial charge in [-0.3, -0.25) is 0 Å². The monoisotopic (exact) mass is 750 g/mol. The SMILES string of the molecule is [C-]#[N+]c1c2c(c3c4cccc5c6c(C)c7c(c(C)c6n(c3c1C)c45)c1cccc3c4c5c(c(C#N)c(C)c4n7c31)C1CC3CC(C1)CC5C3)C1CC3CC(CC2C3)C1. The molecular weight excluding hydrogens is 705 g/mol. The number of nitriles is 1. The molecule has 0 saturated heterocycles. The summed E-state index contributed by atoms with van der Waals surface area (Å²) in [5.74, 6) is 5.35. The van der Waals surface area contributed by atoms with Gasteiger partial charge in [0.1, 0.15) is 0 Å². The van der Waals surface area contributed by atoms with Crippen LogP contribution in [0.5, 0.6) is 0 Å². The van der Waals surface area contributed by atoms with E-state index < -0.39 is 0 Å². The van der Waals surface area contributed by atoms with E-state index >= 15 is 0 Å². The van der Waals surface area contributed by atoms with E-state index in [4.69, 9.17) is 6.57 Å². The van der Waals surface area contributed by atoms with Gasteiger partial charge in [0.05, 0.1) is 45.8 Å². The highest BCUT2D eigenvalue weighted by Crippen LogP contribution is 2.63. The lowest BCUT2D eigenvalue weighted by Gasteiger charge is -2.38. The van der Waals surface area contributed by atoms with Crippen molar-refractivity contribution in [1.82, 2.24) is 8.80 Å². The fourth-order valence-corrected chi connectivity index (χ4v) is 16.8. The van der Waals surface area contributed by atoms with Crippen molar-refractivity contribution in [3.8, 4) is 6.07 Å². The number of aryl methyl sites for hydroxylation is 4. The van der Waals surface area contributed by atoms with Crippen molar-refractivity contribution >= 4 is 81.9 Å². The first-order valence-electron chi connectivity index (χ1n) is 22.6. The summed E-state index contributed by atoms with van der Waals surface area (Å²) >= 11 is 0. The van der Waals surface area contributed by atoms with Crippen LogP contribution >= 0.6 is 0 Å². The highest BCUT2D eigenvalue weighted by molar-refractivity contribution is 6.32. The molecule has 58 heavy (non-hydrogen) atoms. The molecule has 4 unspecified atom stereocenters. The van der Waals surface area contributed by atoms with Crippen LogP contribution in [0.2, 0.25) is 0 Å². The van der Waals surface area contributed by atoms with Crippen LogP contribution in [-0.2, 0) is 0 Å². The first-order valence-corrected chi connectivity index (χ1v) is 22.6. The number of hydrogen-bond donors (Lipinski definition) is 0. The molecule has 282 valence electrons. The predicted molar refractivity (Wildman–Crippen MR) is 237 cm³/mol. The first kappa shape index (κ1) is 31.6. The van der Waals surface area contributed by atoms with E-state index in [-0.39, 0.29) is 0 Å². The van der Waals surface area contributed by atoms with Gasteiger partial charge in [0, 0.05) is 48.6 Å². The smallest absolute Gasteiger partial charge is 0.195 e. The zero-order valence-electron chi connectivity index (χ0n) is 33.9. The molecule has 4 atom stereocenters. The average Bonchev–Trinajstić information content (AvgIpc) is 3.89. The molecule has 17 rings (SSSR count). The molecule has 0 amide bonds. The molecule has 0 N–H and O–H groups in total. The third kappa shape index (κ3) is 3.30. The van der Waals surface area contributed by atoms with E-state index in [1.807, 2.05) is 0 Å². The van der Waals surface area contributed by atoms with Gasteiger partial charge >= 0.3 is 0 Å². The van der Waals surface area contributed by atoms with Gasteiger partial charge in [-0.05, 0) is 184 Å². The molecule has 4 heteroatoms. The number of rotatable bonds is 0. The topological polar surface area (TPSA) is 37.0 Å². The third-order valence-electron chi connectivity index (χ3n) is 18.1. The summed E-state index contributed by atoms with van der Waals surface area (Å²) in [6, 6.07) is 17.1. The minimum absolute atomic E-state index is 0.519. The van der Waals surface area contributed by atoms with Crippen molar-refractivity contribution in [2.75, 3.05) is 0 Å². The summed E-state index contributed by atoms with van der Waals surface area (Å²) in [5, 5.41) is 22.1. The van der Waals surface area contributed by atoms with E-state index in [1.54, 1.807) is 11.1 Å². The van der Waals surface area contributed by atoms with Gasteiger partial charge in [0.15, 0.2) is 5.69 Å². The number of hydrogen-bond acceptors (Lipinski definition) is 1. The quantitative estimate of drug-likeness (QED) is 0.142. The zero-order chi connectivity index (χ0) is 38.4. The van der Waals surface area contributed by atoms with Crippen LogP contribution in [0.3, 0.4) is 0 Å². The molecule has 0 radical (unpaired) electrons. The molecule has 9 aromatic rings. The van der Waals surface area contributed by atoms with Crippen molar-refractivity contribution in [3.63, 3.8) is 0 Å². The molecule has 0 spiro atoms. The summed E-state index contributed by atoms with van der Waals surface area (Å²) in [4.78, 5) is 4.46. The Bertz CT molecular complexity index is 3280. The molecule has 4 heterocycles. The van der Waals surface area contributed by atoms with Crippen LogP contribution < -0.4 is 0 Å². The maximum absolute atomic E-state index is 11.1. The second-order valence-electron chi connectivity index (χ2n) is 20.7. The molecule has 0 aliphatic heterocycles. The van der Waals surface area contributed by atoms with E-state index in [2.05, 4.69) is 83.8 Å². The maximum Gasteiger partial charge on any atom is 0.195 e. The number of fused-ring (bicyclic) bond motifs is 12. The standard InChI is InChI=1S/C54H46N4/c1-23-39(22-55)42-31-14-27-12-28(15-31)17-32(16-27)43(42)46-37-10-6-8-35-40-25(3)51-41(24(2)50(40)57(49(23)46)53(35)37)36-9-7-11-38-47-44-33-18-29-13-30(19-33)21-34(20-29)45(44)48(56-5)26(4)52(47)58(51)54(36)38/h6-11,27-34H,12-21H2,1-4H3. The molecule has 8 bridgehead atoms. The number of nitrogens with zero attached hydrogens (tertiary/aromatic N) is 4. The lowest BCUT2D eigenvalue weighted by atomic mass is 9.67. The Morgan fingerprint density at radius 3 is 1.31 bits per heavy atom. The normalized spacial score (nSPS) is 28.3. The number of benzene rings is 5. The fraction of sp³-hybridized carbons (Fsp3) is 0.407. The Hall–Kier alpha value is -5.32. The Morgan fingerprint density at radius 2 is 0.862 bits per heavy atom. The van der Waals surface area contributed by atoms with E-state index in [0.717, 1.165) is 34.9 Å². The van der Waals surface area contributed by atoms with Gasteiger partial charge in [0.25, 0.3) is 0 Å². The summed E-state index contributed by atoms with van der Waals surface area (Å²) in [5.41, 5.74) is 20.8. The second-order valence-corrected chi connectivity index (χ2v) is 20.7. The van der Waals surface area contributed by atoms with E-state index in [0.29, 0.717) is 23.7 Å². The maximum atomic E-state index is 11.1. The first-order chi connectivity index (χ1) is 28.3. The van der Waals surface area contributed by atoms with Crippen LogP contribution in [0, 0.1) is 69.3 Å². The van der Waals surface area contributed by atoms with Crippen molar-refractivity contribution in [2.24, 2.45) is 23.7 Å². The lowest BCUT2D eigenvalue weighted by Crippen LogP contribution is -2.25. The minimum atomic E-state index is 0.519. The number of para-hydroxylation sites is 2. The Balaban J connectivity index is 1.14. The zero-order valence-corrected chi connectivity index (χ0v) is 33.9. The Labute approximate surface area is 337 Å². The van der Waals surface area contributed by atoms with Crippen LogP contribution in [0.4, 0.5) is 5.69 Å². The van der Waals surface area contributed by atoms with Gasteiger partial charge < -0.3 is 8.80 Å². The average molecular weight is 751 g/mol. The van der Waals surface area contributed by atoms with E-state index in [9.17, 15) is 5.26 Å². The molecule has 4 nitrogen and oxygen atoms in total. The van der Waals surface area contributed by atoms with Gasteiger partial charge in [-0.25, -0.2) is 4.85 Å². The highest BCUT2D eigenvalue weighted by Gasteiger charge is 2.47. The molecule has 4 fully saturated rings. The van der Waals surface area contributed by atoms with Crippen LogP contribution in [0.1, 0.15) is 138 Å². The molecule has 8 aliphatic rings. The molecular formula is C54H46N4. The van der Waals surface area contributed by atoms with Gasteiger partial charge in [-0.1, -0.05) is 36.4 Å². The molecule has 8 aliphatic carbocycles. The van der Waals surface area contributed by atoms with Crippen molar-refractivity contribution in [2.45, 2.75) is 116 Å². The number of aromatic nitrogens is 2. The van der Waals surface area contributed by atoms with Crippen molar-refractivity contribution in [3.05, 3.63) is 97.9 Å².